The van der Waals surface area contributed by atoms with Crippen LogP contribution in [-0.4, -0.2) is 51.2 Å². The zero-order valence-electron chi connectivity index (χ0n) is 13.4. The highest BCUT2D eigenvalue weighted by Gasteiger charge is 2.08. The summed E-state index contributed by atoms with van der Waals surface area (Å²) in [5.74, 6) is 1.34. The van der Waals surface area contributed by atoms with Gasteiger partial charge < -0.3 is 19.7 Å². The quantitative estimate of drug-likeness (QED) is 0.753. The molecule has 0 heterocycles. The van der Waals surface area contributed by atoms with Gasteiger partial charge in [-0.1, -0.05) is 19.9 Å². The molecule has 1 N–H and O–H groups in total. The number of amides is 1. The van der Waals surface area contributed by atoms with Crippen LogP contribution in [0.3, 0.4) is 0 Å². The van der Waals surface area contributed by atoms with Crippen molar-refractivity contribution in [2.24, 2.45) is 0 Å². The van der Waals surface area contributed by atoms with Gasteiger partial charge in [-0.15, -0.1) is 0 Å². The maximum Gasteiger partial charge on any atom is 0.224 e. The Morgan fingerprint density at radius 3 is 2.38 bits per heavy atom. The second kappa shape index (κ2) is 9.23. The number of rotatable bonds is 9. The van der Waals surface area contributed by atoms with E-state index in [1.165, 1.54) is 0 Å². The summed E-state index contributed by atoms with van der Waals surface area (Å²) in [7, 11) is 3.18. The Bertz CT molecular complexity index is 445. The molecule has 1 rings (SSSR count). The zero-order valence-corrected chi connectivity index (χ0v) is 13.4. The molecule has 1 aromatic carbocycles. The van der Waals surface area contributed by atoms with Gasteiger partial charge in [-0.3, -0.25) is 4.79 Å². The smallest absolute Gasteiger partial charge is 0.224 e. The van der Waals surface area contributed by atoms with Crippen molar-refractivity contribution in [3.05, 3.63) is 23.8 Å². The van der Waals surface area contributed by atoms with Crippen LogP contribution >= 0.6 is 0 Å². The van der Waals surface area contributed by atoms with Crippen molar-refractivity contribution in [3.8, 4) is 11.5 Å². The van der Waals surface area contributed by atoms with E-state index >= 15 is 0 Å². The molecule has 0 radical (unpaired) electrons. The molecule has 0 spiro atoms. The van der Waals surface area contributed by atoms with Gasteiger partial charge in [0.1, 0.15) is 0 Å². The Labute approximate surface area is 127 Å². The van der Waals surface area contributed by atoms with Gasteiger partial charge in [0.2, 0.25) is 5.91 Å². The Morgan fingerprint density at radius 2 is 1.81 bits per heavy atom. The first-order valence-electron chi connectivity index (χ1n) is 7.34. The molecule has 5 nitrogen and oxygen atoms in total. The van der Waals surface area contributed by atoms with Crippen LogP contribution in [0.2, 0.25) is 0 Å². The van der Waals surface area contributed by atoms with Crippen LogP contribution in [0.1, 0.15) is 19.4 Å². The number of methoxy groups -OCH3 is 2. The third-order valence-electron chi connectivity index (χ3n) is 3.46. The summed E-state index contributed by atoms with van der Waals surface area (Å²) in [5, 5.41) is 2.94. The minimum atomic E-state index is 0.0226. The van der Waals surface area contributed by atoms with Crippen LogP contribution in [0.5, 0.6) is 11.5 Å². The third-order valence-corrected chi connectivity index (χ3v) is 3.46. The van der Waals surface area contributed by atoms with Gasteiger partial charge in [0, 0.05) is 13.1 Å². The van der Waals surface area contributed by atoms with Crippen molar-refractivity contribution < 1.29 is 14.3 Å². The van der Waals surface area contributed by atoms with Crippen molar-refractivity contribution in [2.45, 2.75) is 20.3 Å². The fourth-order valence-electron chi connectivity index (χ4n) is 2.13. The molecule has 0 saturated heterocycles. The first-order valence-corrected chi connectivity index (χ1v) is 7.34. The van der Waals surface area contributed by atoms with E-state index in [1.807, 2.05) is 18.2 Å². The second-order valence-corrected chi connectivity index (χ2v) is 4.74. The summed E-state index contributed by atoms with van der Waals surface area (Å²) in [6, 6.07) is 5.53. The highest BCUT2D eigenvalue weighted by atomic mass is 16.5. The van der Waals surface area contributed by atoms with Crippen molar-refractivity contribution >= 4 is 5.91 Å². The lowest BCUT2D eigenvalue weighted by Crippen LogP contribution is -2.35. The van der Waals surface area contributed by atoms with Gasteiger partial charge in [-0.05, 0) is 30.8 Å². The molecular weight excluding hydrogens is 268 g/mol. The largest absolute Gasteiger partial charge is 0.493 e. The molecule has 0 aliphatic carbocycles. The minimum absolute atomic E-state index is 0.0226. The molecule has 0 aliphatic rings. The third kappa shape index (κ3) is 5.63. The maximum absolute atomic E-state index is 11.9. The molecule has 0 fully saturated rings. The average molecular weight is 294 g/mol. The fourth-order valence-corrected chi connectivity index (χ4v) is 2.13. The van der Waals surface area contributed by atoms with E-state index in [0.717, 1.165) is 25.2 Å². The summed E-state index contributed by atoms with van der Waals surface area (Å²) < 4.78 is 10.4. The first-order chi connectivity index (χ1) is 10.1. The molecule has 0 unspecified atom stereocenters. The van der Waals surface area contributed by atoms with Gasteiger partial charge in [0.25, 0.3) is 0 Å². The Hall–Kier alpha value is -1.75. The normalized spacial score (nSPS) is 10.5. The van der Waals surface area contributed by atoms with Crippen LogP contribution in [0, 0.1) is 0 Å². The van der Waals surface area contributed by atoms with Gasteiger partial charge >= 0.3 is 0 Å². The molecule has 0 bridgehead atoms. The fraction of sp³-hybridized carbons (Fsp3) is 0.562. The summed E-state index contributed by atoms with van der Waals surface area (Å²) in [6.45, 7) is 7.80. The molecule has 5 heteroatoms. The average Bonchev–Trinajstić information content (AvgIpc) is 2.51. The van der Waals surface area contributed by atoms with E-state index in [-0.39, 0.29) is 5.91 Å². The van der Waals surface area contributed by atoms with E-state index in [2.05, 4.69) is 24.1 Å². The number of carbonyl (C=O) groups excluding carboxylic acids is 1. The second-order valence-electron chi connectivity index (χ2n) is 4.74. The van der Waals surface area contributed by atoms with Crippen molar-refractivity contribution in [2.75, 3.05) is 40.4 Å². The van der Waals surface area contributed by atoms with Crippen molar-refractivity contribution in [1.82, 2.24) is 10.2 Å². The molecule has 118 valence electrons. The number of ether oxygens (including phenoxy) is 2. The number of hydrogen-bond acceptors (Lipinski definition) is 4. The standard InChI is InChI=1S/C16H26N2O3/c1-5-18(6-2)10-9-17-16(19)12-13-7-8-14(20-3)15(11-13)21-4/h7-8,11H,5-6,9-10,12H2,1-4H3,(H,17,19). The lowest BCUT2D eigenvalue weighted by Gasteiger charge is -2.18. The Morgan fingerprint density at radius 1 is 1.14 bits per heavy atom. The summed E-state index contributed by atoms with van der Waals surface area (Å²) >= 11 is 0. The van der Waals surface area contributed by atoms with E-state index < -0.39 is 0 Å². The molecule has 1 aromatic rings. The molecule has 21 heavy (non-hydrogen) atoms. The highest BCUT2D eigenvalue weighted by Crippen LogP contribution is 2.27. The molecule has 0 aromatic heterocycles. The van der Waals surface area contributed by atoms with Gasteiger partial charge in [0.05, 0.1) is 20.6 Å². The number of hydrogen-bond donors (Lipinski definition) is 1. The topological polar surface area (TPSA) is 50.8 Å². The maximum atomic E-state index is 11.9. The number of nitrogens with zero attached hydrogens (tertiary/aromatic N) is 1. The minimum Gasteiger partial charge on any atom is -0.493 e. The first kappa shape index (κ1) is 17.3. The van der Waals surface area contributed by atoms with Crippen LogP contribution in [0.25, 0.3) is 0 Å². The molecule has 0 aliphatic heterocycles. The zero-order chi connectivity index (χ0) is 15.7. The van der Waals surface area contributed by atoms with Crippen LogP contribution < -0.4 is 14.8 Å². The summed E-state index contributed by atoms with van der Waals surface area (Å²) in [5.41, 5.74) is 0.910. The molecule has 0 atom stereocenters. The predicted molar refractivity (Wildman–Crippen MR) is 84.0 cm³/mol. The lowest BCUT2D eigenvalue weighted by molar-refractivity contribution is -0.120. The van der Waals surface area contributed by atoms with E-state index in [4.69, 9.17) is 9.47 Å². The Kier molecular flexibility index (Phi) is 7.61. The number of benzene rings is 1. The van der Waals surface area contributed by atoms with E-state index in [0.29, 0.717) is 24.5 Å². The van der Waals surface area contributed by atoms with E-state index in [9.17, 15) is 4.79 Å². The SMILES string of the molecule is CCN(CC)CCNC(=O)Cc1ccc(OC)c(OC)c1. The highest BCUT2D eigenvalue weighted by molar-refractivity contribution is 5.78. The summed E-state index contributed by atoms with van der Waals surface area (Å²) in [4.78, 5) is 14.2. The number of carbonyl (C=O) groups is 1. The van der Waals surface area contributed by atoms with Gasteiger partial charge in [-0.25, -0.2) is 0 Å². The number of nitrogens with one attached hydrogen (secondary N) is 1. The van der Waals surface area contributed by atoms with Crippen LogP contribution in [-0.2, 0) is 11.2 Å². The lowest BCUT2D eigenvalue weighted by atomic mass is 10.1. The van der Waals surface area contributed by atoms with Gasteiger partial charge in [0.15, 0.2) is 11.5 Å². The van der Waals surface area contributed by atoms with Crippen molar-refractivity contribution in [3.63, 3.8) is 0 Å². The molecule has 0 saturated carbocycles. The molecule has 1 amide bonds. The van der Waals surface area contributed by atoms with Crippen LogP contribution in [0.4, 0.5) is 0 Å². The van der Waals surface area contributed by atoms with E-state index in [1.54, 1.807) is 14.2 Å². The van der Waals surface area contributed by atoms with Crippen LogP contribution in [0.15, 0.2) is 18.2 Å². The van der Waals surface area contributed by atoms with Crippen molar-refractivity contribution in [1.29, 1.82) is 0 Å². The summed E-state index contributed by atoms with van der Waals surface area (Å²) in [6.07, 6.45) is 0.346. The number of likely N-dealkylation sites (N-methyl/N-ethyl adjacent to an activating group) is 1. The van der Waals surface area contributed by atoms with Gasteiger partial charge in [-0.2, -0.15) is 0 Å². The molecular formula is C16H26N2O3. The predicted octanol–water partition coefficient (Wildman–Crippen LogP) is 1.70. The Balaban J connectivity index is 2.47. The monoisotopic (exact) mass is 294 g/mol.